The van der Waals surface area contributed by atoms with Crippen LogP contribution in [-0.4, -0.2) is 30.9 Å². The fourth-order valence-electron chi connectivity index (χ4n) is 2.81. The largest absolute Gasteiger partial charge is 0.496 e. The van der Waals surface area contributed by atoms with Crippen LogP contribution in [0.4, 0.5) is 5.69 Å². The Hall–Kier alpha value is -1.22. The molecule has 1 heterocycles. The van der Waals surface area contributed by atoms with E-state index in [1.807, 2.05) is 12.1 Å². The van der Waals surface area contributed by atoms with Crippen LogP contribution in [-0.2, 0) is 6.42 Å². The quantitative estimate of drug-likeness (QED) is 0.868. The van der Waals surface area contributed by atoms with Crippen molar-refractivity contribution in [2.75, 3.05) is 18.6 Å². The lowest BCUT2D eigenvalue weighted by Crippen LogP contribution is -2.38. The topological polar surface area (TPSA) is 32.7 Å². The van der Waals surface area contributed by atoms with E-state index in [-0.39, 0.29) is 6.61 Å². The molecule has 2 rings (SSSR count). The van der Waals surface area contributed by atoms with Gasteiger partial charge in [-0.25, -0.2) is 0 Å². The summed E-state index contributed by atoms with van der Waals surface area (Å²) in [7, 11) is 1.72. The fraction of sp³-hybridized carbons (Fsp3) is 0.571. The van der Waals surface area contributed by atoms with Crippen molar-refractivity contribution in [3.05, 3.63) is 23.8 Å². The van der Waals surface area contributed by atoms with E-state index in [0.29, 0.717) is 12.1 Å². The van der Waals surface area contributed by atoms with E-state index in [9.17, 15) is 5.11 Å². The van der Waals surface area contributed by atoms with E-state index < -0.39 is 0 Å². The third kappa shape index (κ3) is 2.12. The van der Waals surface area contributed by atoms with Gasteiger partial charge < -0.3 is 14.7 Å². The van der Waals surface area contributed by atoms with Crippen LogP contribution in [0.3, 0.4) is 0 Å². The molecule has 1 unspecified atom stereocenters. The highest BCUT2D eigenvalue weighted by Gasteiger charge is 2.32. The van der Waals surface area contributed by atoms with Gasteiger partial charge in [0.25, 0.3) is 0 Å². The standard InChI is InChI=1S/C14H21NO2/c1-10(2)15-11(7-8-16)9-12-13(15)5-4-6-14(12)17-3/h4-6,10-11,16H,7-9H2,1-3H3. The van der Waals surface area contributed by atoms with Crippen LogP contribution in [0.15, 0.2) is 18.2 Å². The van der Waals surface area contributed by atoms with E-state index in [1.165, 1.54) is 11.3 Å². The predicted molar refractivity (Wildman–Crippen MR) is 69.8 cm³/mol. The summed E-state index contributed by atoms with van der Waals surface area (Å²) >= 11 is 0. The molecule has 0 fully saturated rings. The second-order valence-corrected chi connectivity index (χ2v) is 4.83. The van der Waals surface area contributed by atoms with Crippen LogP contribution in [0.2, 0.25) is 0 Å². The van der Waals surface area contributed by atoms with Gasteiger partial charge in [0.05, 0.1) is 7.11 Å². The van der Waals surface area contributed by atoms with Gasteiger partial charge in [0.2, 0.25) is 0 Å². The molecule has 3 nitrogen and oxygen atoms in total. The number of fused-ring (bicyclic) bond motifs is 1. The Morgan fingerprint density at radius 3 is 2.82 bits per heavy atom. The summed E-state index contributed by atoms with van der Waals surface area (Å²) in [6, 6.07) is 7.04. The predicted octanol–water partition coefficient (Wildman–Crippen LogP) is 2.22. The fourth-order valence-corrected chi connectivity index (χ4v) is 2.81. The van der Waals surface area contributed by atoms with Crippen molar-refractivity contribution in [1.82, 2.24) is 0 Å². The zero-order valence-electron chi connectivity index (χ0n) is 10.8. The van der Waals surface area contributed by atoms with Crippen molar-refractivity contribution in [2.24, 2.45) is 0 Å². The van der Waals surface area contributed by atoms with E-state index in [4.69, 9.17) is 4.74 Å². The molecule has 1 aliphatic rings. The zero-order valence-corrected chi connectivity index (χ0v) is 10.8. The Kier molecular flexibility index (Phi) is 3.57. The first kappa shape index (κ1) is 12.2. The van der Waals surface area contributed by atoms with Gasteiger partial charge in [0, 0.05) is 29.9 Å². The van der Waals surface area contributed by atoms with Crippen molar-refractivity contribution in [2.45, 2.75) is 38.8 Å². The number of nitrogens with zero attached hydrogens (tertiary/aromatic N) is 1. The number of hydrogen-bond donors (Lipinski definition) is 1. The molecule has 1 N–H and O–H groups in total. The molecule has 0 aliphatic carbocycles. The highest BCUT2D eigenvalue weighted by atomic mass is 16.5. The Labute approximate surface area is 103 Å². The summed E-state index contributed by atoms with van der Waals surface area (Å²) in [5.41, 5.74) is 2.54. The summed E-state index contributed by atoms with van der Waals surface area (Å²) in [5.74, 6) is 0.966. The third-order valence-electron chi connectivity index (χ3n) is 3.46. The molecule has 0 aromatic heterocycles. The van der Waals surface area contributed by atoms with Crippen molar-refractivity contribution < 1.29 is 9.84 Å². The highest BCUT2D eigenvalue weighted by molar-refractivity contribution is 5.65. The molecule has 3 heteroatoms. The molecule has 0 amide bonds. The second kappa shape index (κ2) is 4.96. The van der Waals surface area contributed by atoms with Crippen LogP contribution >= 0.6 is 0 Å². The Bertz CT molecular complexity index is 390. The lowest BCUT2D eigenvalue weighted by molar-refractivity contribution is 0.272. The summed E-state index contributed by atoms with van der Waals surface area (Å²) in [6.45, 7) is 4.63. The minimum Gasteiger partial charge on any atom is -0.496 e. The first-order chi connectivity index (χ1) is 8.19. The van der Waals surface area contributed by atoms with Crippen molar-refractivity contribution in [3.8, 4) is 5.75 Å². The molecule has 0 radical (unpaired) electrons. The molecule has 1 aromatic carbocycles. The Morgan fingerprint density at radius 2 is 2.24 bits per heavy atom. The molecular weight excluding hydrogens is 214 g/mol. The maximum atomic E-state index is 9.17. The number of hydrogen-bond acceptors (Lipinski definition) is 3. The maximum absolute atomic E-state index is 9.17. The maximum Gasteiger partial charge on any atom is 0.124 e. The van der Waals surface area contributed by atoms with E-state index >= 15 is 0 Å². The highest BCUT2D eigenvalue weighted by Crippen LogP contribution is 2.40. The number of anilines is 1. The van der Waals surface area contributed by atoms with E-state index in [0.717, 1.165) is 18.6 Å². The van der Waals surface area contributed by atoms with Gasteiger partial charge in [-0.15, -0.1) is 0 Å². The molecular formula is C14H21NO2. The summed E-state index contributed by atoms with van der Waals surface area (Å²) in [4.78, 5) is 2.40. The Balaban J connectivity index is 2.38. The van der Waals surface area contributed by atoms with Gasteiger partial charge in [-0.2, -0.15) is 0 Å². The van der Waals surface area contributed by atoms with Gasteiger partial charge in [0.1, 0.15) is 5.75 Å². The molecule has 1 atom stereocenters. The minimum absolute atomic E-state index is 0.240. The monoisotopic (exact) mass is 235 g/mol. The number of methoxy groups -OCH3 is 1. The second-order valence-electron chi connectivity index (χ2n) is 4.83. The average molecular weight is 235 g/mol. The molecule has 0 bridgehead atoms. The SMILES string of the molecule is COc1cccc2c1CC(CCO)N2C(C)C. The van der Waals surface area contributed by atoms with E-state index in [2.05, 4.69) is 24.8 Å². The van der Waals surface area contributed by atoms with Gasteiger partial charge >= 0.3 is 0 Å². The van der Waals surface area contributed by atoms with Crippen molar-refractivity contribution in [3.63, 3.8) is 0 Å². The lowest BCUT2D eigenvalue weighted by Gasteiger charge is -2.31. The number of aliphatic hydroxyl groups is 1. The molecule has 0 saturated heterocycles. The van der Waals surface area contributed by atoms with Gasteiger partial charge in [-0.3, -0.25) is 0 Å². The van der Waals surface area contributed by atoms with Gasteiger partial charge in [0.15, 0.2) is 0 Å². The number of benzene rings is 1. The van der Waals surface area contributed by atoms with Gasteiger partial charge in [-0.05, 0) is 38.8 Å². The van der Waals surface area contributed by atoms with E-state index in [1.54, 1.807) is 7.11 Å². The number of aliphatic hydroxyl groups excluding tert-OH is 1. The smallest absolute Gasteiger partial charge is 0.124 e. The molecule has 0 saturated carbocycles. The Morgan fingerprint density at radius 1 is 1.47 bits per heavy atom. The molecule has 94 valence electrons. The van der Waals surface area contributed by atoms with Crippen molar-refractivity contribution in [1.29, 1.82) is 0 Å². The lowest BCUT2D eigenvalue weighted by atomic mass is 10.1. The molecule has 1 aromatic rings. The van der Waals surface area contributed by atoms with Crippen molar-refractivity contribution >= 4 is 5.69 Å². The average Bonchev–Trinajstić information content (AvgIpc) is 2.67. The zero-order chi connectivity index (χ0) is 12.4. The van der Waals surface area contributed by atoms with Crippen LogP contribution in [0.5, 0.6) is 5.75 Å². The number of rotatable bonds is 4. The van der Waals surface area contributed by atoms with Crippen LogP contribution in [0, 0.1) is 0 Å². The first-order valence-corrected chi connectivity index (χ1v) is 6.24. The molecule has 17 heavy (non-hydrogen) atoms. The van der Waals surface area contributed by atoms with Crippen LogP contribution in [0.25, 0.3) is 0 Å². The molecule has 1 aliphatic heterocycles. The minimum atomic E-state index is 0.240. The summed E-state index contributed by atoms with van der Waals surface area (Å²) in [6.07, 6.45) is 1.79. The van der Waals surface area contributed by atoms with Crippen LogP contribution < -0.4 is 9.64 Å². The summed E-state index contributed by atoms with van der Waals surface area (Å²) < 4.78 is 5.42. The van der Waals surface area contributed by atoms with Crippen LogP contribution in [0.1, 0.15) is 25.8 Å². The number of ether oxygens (including phenoxy) is 1. The first-order valence-electron chi connectivity index (χ1n) is 6.24. The molecule has 0 spiro atoms. The normalized spacial score (nSPS) is 18.6. The summed E-state index contributed by atoms with van der Waals surface area (Å²) in [5, 5.41) is 9.17. The van der Waals surface area contributed by atoms with Gasteiger partial charge in [-0.1, -0.05) is 6.07 Å². The third-order valence-corrected chi connectivity index (χ3v) is 3.46.